The molecule has 25 heavy (non-hydrogen) atoms. The molecule has 3 rings (SSSR count). The van der Waals surface area contributed by atoms with Gasteiger partial charge in [0.25, 0.3) is 0 Å². The first-order chi connectivity index (χ1) is 12.1. The Hall–Kier alpha value is -2.28. The second kappa shape index (κ2) is 8.20. The number of methoxy groups -OCH3 is 1. The fraction of sp³-hybridized carbons (Fsp3) is 0.444. The lowest BCUT2D eigenvalue weighted by Crippen LogP contribution is -2.33. The van der Waals surface area contributed by atoms with Crippen LogP contribution in [0.5, 0.6) is 5.75 Å². The van der Waals surface area contributed by atoms with E-state index in [0.29, 0.717) is 18.5 Å². The van der Waals surface area contributed by atoms with Gasteiger partial charge in [-0.1, -0.05) is 12.1 Å². The summed E-state index contributed by atoms with van der Waals surface area (Å²) >= 11 is 1.61. The highest BCUT2D eigenvalue weighted by Crippen LogP contribution is 2.30. The summed E-state index contributed by atoms with van der Waals surface area (Å²) in [5.41, 5.74) is 2.00. The van der Waals surface area contributed by atoms with E-state index in [1.54, 1.807) is 18.4 Å². The molecule has 1 aromatic carbocycles. The van der Waals surface area contributed by atoms with E-state index < -0.39 is 6.09 Å². The summed E-state index contributed by atoms with van der Waals surface area (Å²) < 4.78 is 5.27. The standard InChI is InChI=1S/C18H23N3O3S/c1-24-15-4-2-3-13(9-15)16-11-25-17(21-16)20-14-7-5-12(6-8-14)10-19-18(22)23/h2-4,9,11-12,14,19H,5-8,10H2,1H3,(H,20,21)(H,22,23). The highest BCUT2D eigenvalue weighted by molar-refractivity contribution is 7.14. The number of nitrogens with zero attached hydrogens (tertiary/aromatic N) is 1. The lowest BCUT2D eigenvalue weighted by molar-refractivity contribution is 0.190. The molecule has 0 radical (unpaired) electrons. The predicted molar refractivity (Wildman–Crippen MR) is 99.5 cm³/mol. The Labute approximate surface area is 151 Å². The van der Waals surface area contributed by atoms with E-state index in [-0.39, 0.29) is 0 Å². The van der Waals surface area contributed by atoms with Crippen LogP contribution in [0.3, 0.4) is 0 Å². The summed E-state index contributed by atoms with van der Waals surface area (Å²) in [5.74, 6) is 1.27. The van der Waals surface area contributed by atoms with Crippen molar-refractivity contribution in [2.75, 3.05) is 19.0 Å². The number of hydrogen-bond donors (Lipinski definition) is 3. The molecule has 0 atom stereocenters. The molecule has 6 nitrogen and oxygen atoms in total. The van der Waals surface area contributed by atoms with Gasteiger partial charge in [-0.2, -0.15) is 0 Å². The van der Waals surface area contributed by atoms with Gasteiger partial charge in [-0.15, -0.1) is 11.3 Å². The summed E-state index contributed by atoms with van der Waals surface area (Å²) in [7, 11) is 1.66. The molecule has 0 spiro atoms. The molecule has 1 fully saturated rings. The maximum atomic E-state index is 10.6. The van der Waals surface area contributed by atoms with Crippen LogP contribution < -0.4 is 15.4 Å². The van der Waals surface area contributed by atoms with Gasteiger partial charge in [0.15, 0.2) is 5.13 Å². The van der Waals surface area contributed by atoms with Gasteiger partial charge in [-0.3, -0.25) is 0 Å². The van der Waals surface area contributed by atoms with Crippen molar-refractivity contribution in [3.63, 3.8) is 0 Å². The van der Waals surface area contributed by atoms with E-state index in [4.69, 9.17) is 14.8 Å². The number of thiazole rings is 1. The molecule has 0 unspecified atom stereocenters. The first kappa shape index (κ1) is 17.5. The van der Waals surface area contributed by atoms with Gasteiger partial charge in [-0.05, 0) is 43.7 Å². The van der Waals surface area contributed by atoms with Gasteiger partial charge in [0, 0.05) is 23.5 Å². The Balaban J connectivity index is 1.53. The van der Waals surface area contributed by atoms with Crippen LogP contribution in [0.25, 0.3) is 11.3 Å². The number of hydrogen-bond acceptors (Lipinski definition) is 5. The second-order valence-electron chi connectivity index (χ2n) is 6.32. The number of benzene rings is 1. The van der Waals surface area contributed by atoms with Crippen molar-refractivity contribution in [1.29, 1.82) is 0 Å². The molecule has 1 aliphatic rings. The van der Waals surface area contributed by atoms with E-state index in [9.17, 15) is 4.79 Å². The quantitative estimate of drug-likeness (QED) is 0.723. The summed E-state index contributed by atoms with van der Waals surface area (Å²) in [6.07, 6.45) is 3.21. The molecule has 0 bridgehead atoms. The van der Waals surface area contributed by atoms with Gasteiger partial charge in [0.2, 0.25) is 0 Å². The molecule has 1 aliphatic carbocycles. The third-order valence-corrected chi connectivity index (χ3v) is 5.36. The maximum absolute atomic E-state index is 10.6. The lowest BCUT2D eigenvalue weighted by atomic mass is 9.86. The van der Waals surface area contributed by atoms with Crippen LogP contribution in [0.15, 0.2) is 29.6 Å². The number of rotatable bonds is 6. The molecule has 3 N–H and O–H groups in total. The summed E-state index contributed by atoms with van der Waals surface area (Å²) in [5, 5.41) is 17.7. The molecule has 7 heteroatoms. The van der Waals surface area contributed by atoms with Gasteiger partial charge in [0.1, 0.15) is 5.75 Å². The molecular formula is C18H23N3O3S. The molecular weight excluding hydrogens is 338 g/mol. The fourth-order valence-electron chi connectivity index (χ4n) is 3.17. The highest BCUT2D eigenvalue weighted by atomic mass is 32.1. The van der Waals surface area contributed by atoms with Gasteiger partial charge in [0.05, 0.1) is 12.8 Å². The van der Waals surface area contributed by atoms with Gasteiger partial charge in [-0.25, -0.2) is 9.78 Å². The van der Waals surface area contributed by atoms with Gasteiger partial charge < -0.3 is 20.5 Å². The molecule has 1 amide bonds. The second-order valence-corrected chi connectivity index (χ2v) is 7.18. The van der Waals surface area contributed by atoms with Crippen LogP contribution in [-0.4, -0.2) is 35.9 Å². The minimum atomic E-state index is -0.937. The highest BCUT2D eigenvalue weighted by Gasteiger charge is 2.22. The average Bonchev–Trinajstić information content (AvgIpc) is 3.09. The zero-order valence-corrected chi connectivity index (χ0v) is 15.0. The number of aromatic nitrogens is 1. The van der Waals surface area contributed by atoms with Crippen LogP contribution in [0.4, 0.5) is 9.93 Å². The van der Waals surface area contributed by atoms with Crippen LogP contribution in [0, 0.1) is 5.92 Å². The molecule has 1 aromatic heterocycles. The molecule has 2 aromatic rings. The summed E-state index contributed by atoms with van der Waals surface area (Å²) in [4.78, 5) is 15.3. The Morgan fingerprint density at radius 2 is 2.16 bits per heavy atom. The monoisotopic (exact) mass is 361 g/mol. The Kier molecular flexibility index (Phi) is 5.75. The number of carbonyl (C=O) groups is 1. The third-order valence-electron chi connectivity index (χ3n) is 4.59. The Bertz CT molecular complexity index is 711. The first-order valence-electron chi connectivity index (χ1n) is 8.47. The summed E-state index contributed by atoms with van der Waals surface area (Å²) in [6.45, 7) is 0.555. The molecule has 134 valence electrons. The van der Waals surface area contributed by atoms with Crippen LogP contribution in [0.1, 0.15) is 25.7 Å². The van der Waals surface area contributed by atoms with Crippen molar-refractivity contribution in [2.24, 2.45) is 5.92 Å². The lowest BCUT2D eigenvalue weighted by Gasteiger charge is -2.28. The van der Waals surface area contributed by atoms with Crippen molar-refractivity contribution in [1.82, 2.24) is 10.3 Å². The van der Waals surface area contributed by atoms with Gasteiger partial charge >= 0.3 is 6.09 Å². The van der Waals surface area contributed by atoms with Crippen molar-refractivity contribution in [3.05, 3.63) is 29.6 Å². The number of ether oxygens (including phenoxy) is 1. The van der Waals surface area contributed by atoms with E-state index in [2.05, 4.69) is 16.0 Å². The zero-order chi connectivity index (χ0) is 17.6. The minimum Gasteiger partial charge on any atom is -0.497 e. The van der Waals surface area contributed by atoms with Crippen molar-refractivity contribution < 1.29 is 14.6 Å². The van der Waals surface area contributed by atoms with E-state index >= 15 is 0 Å². The van der Waals surface area contributed by atoms with E-state index in [0.717, 1.165) is 47.8 Å². The molecule has 1 heterocycles. The average molecular weight is 361 g/mol. The number of nitrogens with one attached hydrogen (secondary N) is 2. The molecule has 0 saturated heterocycles. The normalized spacial score (nSPS) is 20.0. The number of amides is 1. The van der Waals surface area contributed by atoms with Crippen LogP contribution in [0.2, 0.25) is 0 Å². The first-order valence-corrected chi connectivity index (χ1v) is 9.35. The van der Waals surface area contributed by atoms with Crippen LogP contribution in [-0.2, 0) is 0 Å². The van der Waals surface area contributed by atoms with Crippen molar-refractivity contribution in [3.8, 4) is 17.0 Å². The van der Waals surface area contributed by atoms with Crippen LogP contribution >= 0.6 is 11.3 Å². The maximum Gasteiger partial charge on any atom is 0.404 e. The predicted octanol–water partition coefficient (Wildman–Crippen LogP) is 4.06. The molecule has 0 aliphatic heterocycles. The fourth-order valence-corrected chi connectivity index (χ4v) is 3.97. The Morgan fingerprint density at radius 1 is 1.36 bits per heavy atom. The number of carboxylic acid groups (broad SMARTS) is 1. The number of anilines is 1. The van der Waals surface area contributed by atoms with Crippen molar-refractivity contribution in [2.45, 2.75) is 31.7 Å². The third kappa shape index (κ3) is 4.85. The zero-order valence-electron chi connectivity index (χ0n) is 14.2. The minimum absolute atomic E-state index is 0.408. The topological polar surface area (TPSA) is 83.5 Å². The SMILES string of the molecule is COc1cccc(-c2csc(NC3CCC(CNC(=O)O)CC3)n2)c1. The van der Waals surface area contributed by atoms with Crippen molar-refractivity contribution >= 4 is 22.6 Å². The summed E-state index contributed by atoms with van der Waals surface area (Å²) in [6, 6.07) is 8.31. The van der Waals surface area contributed by atoms with E-state index in [1.165, 1.54) is 0 Å². The smallest absolute Gasteiger partial charge is 0.404 e. The Morgan fingerprint density at radius 3 is 2.88 bits per heavy atom. The molecule has 1 saturated carbocycles. The van der Waals surface area contributed by atoms with E-state index in [1.807, 2.05) is 24.3 Å². The largest absolute Gasteiger partial charge is 0.497 e.